The van der Waals surface area contributed by atoms with E-state index in [0.717, 1.165) is 0 Å². The van der Waals surface area contributed by atoms with Crippen molar-refractivity contribution in [2.24, 2.45) is 0 Å². The summed E-state index contributed by atoms with van der Waals surface area (Å²) in [4.78, 5) is 14.2. The molecule has 1 aliphatic rings. The SMILES string of the molecule is COc1ccc(OC)c(NS(=O)(=O)c2ccc(O[C@H](C)C(=O)N3CCOCC3)cc2)c1. The van der Waals surface area contributed by atoms with Gasteiger partial charge in [0.2, 0.25) is 0 Å². The van der Waals surface area contributed by atoms with Gasteiger partial charge in [-0.05, 0) is 43.3 Å². The number of morpholine rings is 1. The van der Waals surface area contributed by atoms with Crippen LogP contribution in [-0.2, 0) is 19.6 Å². The van der Waals surface area contributed by atoms with Crippen molar-refractivity contribution in [3.8, 4) is 17.2 Å². The number of benzene rings is 2. The number of carbonyl (C=O) groups excluding carboxylic acids is 1. The molecule has 1 aliphatic heterocycles. The van der Waals surface area contributed by atoms with Crippen LogP contribution in [0.4, 0.5) is 5.69 Å². The van der Waals surface area contributed by atoms with Crippen LogP contribution in [0.1, 0.15) is 6.92 Å². The lowest BCUT2D eigenvalue weighted by molar-refractivity contribution is -0.142. The third-order valence-corrected chi connectivity index (χ3v) is 6.15. The Labute approximate surface area is 181 Å². The number of ether oxygens (including phenoxy) is 4. The van der Waals surface area contributed by atoms with Gasteiger partial charge in [0, 0.05) is 19.2 Å². The zero-order valence-electron chi connectivity index (χ0n) is 17.7. The Kier molecular flexibility index (Phi) is 7.24. The van der Waals surface area contributed by atoms with Gasteiger partial charge in [0.05, 0.1) is 38.0 Å². The summed E-state index contributed by atoms with van der Waals surface area (Å²) in [5.41, 5.74) is 0.256. The van der Waals surface area contributed by atoms with Crippen LogP contribution in [0.3, 0.4) is 0 Å². The summed E-state index contributed by atoms with van der Waals surface area (Å²) >= 11 is 0. The van der Waals surface area contributed by atoms with Gasteiger partial charge in [-0.3, -0.25) is 9.52 Å². The van der Waals surface area contributed by atoms with Crippen LogP contribution in [0, 0.1) is 0 Å². The normalized spacial score (nSPS) is 15.1. The van der Waals surface area contributed by atoms with Crippen molar-refractivity contribution in [1.29, 1.82) is 0 Å². The van der Waals surface area contributed by atoms with Gasteiger partial charge in [0.25, 0.3) is 15.9 Å². The number of methoxy groups -OCH3 is 2. The highest BCUT2D eigenvalue weighted by atomic mass is 32.2. The molecule has 3 rings (SSSR count). The summed E-state index contributed by atoms with van der Waals surface area (Å²) in [6.07, 6.45) is -0.695. The fraction of sp³-hybridized carbons (Fsp3) is 0.381. The van der Waals surface area contributed by atoms with E-state index in [4.69, 9.17) is 18.9 Å². The highest BCUT2D eigenvalue weighted by molar-refractivity contribution is 7.92. The van der Waals surface area contributed by atoms with Crippen molar-refractivity contribution < 1.29 is 32.2 Å². The first-order chi connectivity index (χ1) is 14.8. The van der Waals surface area contributed by atoms with E-state index in [9.17, 15) is 13.2 Å². The standard InChI is InChI=1S/C21H26N2O7S/c1-15(21(24)23-10-12-29-13-11-23)30-16-4-7-18(8-5-16)31(25,26)22-19-14-17(27-2)6-9-20(19)28-3/h4-9,14-15,22H,10-13H2,1-3H3/t15-/m1/s1. The highest BCUT2D eigenvalue weighted by Gasteiger charge is 2.24. The fourth-order valence-corrected chi connectivity index (χ4v) is 4.15. The average Bonchev–Trinajstić information content (AvgIpc) is 2.79. The van der Waals surface area contributed by atoms with Crippen LogP contribution in [0.2, 0.25) is 0 Å². The first kappa shape index (κ1) is 22.7. The Balaban J connectivity index is 1.69. The molecular weight excluding hydrogens is 424 g/mol. The molecule has 0 aromatic heterocycles. The molecule has 9 nitrogen and oxygen atoms in total. The van der Waals surface area contributed by atoms with Crippen LogP contribution in [0.5, 0.6) is 17.2 Å². The molecule has 0 saturated carbocycles. The minimum Gasteiger partial charge on any atom is -0.497 e. The molecule has 10 heteroatoms. The van der Waals surface area contributed by atoms with Crippen molar-refractivity contribution in [1.82, 2.24) is 4.90 Å². The van der Waals surface area contributed by atoms with Crippen LogP contribution in [0.25, 0.3) is 0 Å². The predicted octanol–water partition coefficient (Wildman–Crippen LogP) is 2.13. The lowest BCUT2D eigenvalue weighted by Crippen LogP contribution is -2.46. The zero-order chi connectivity index (χ0) is 22.4. The smallest absolute Gasteiger partial charge is 0.263 e. The number of rotatable bonds is 8. The molecule has 0 bridgehead atoms. The first-order valence-electron chi connectivity index (χ1n) is 9.72. The Morgan fingerprint density at radius 2 is 1.68 bits per heavy atom. The Hall–Kier alpha value is -2.98. The molecule has 0 aliphatic carbocycles. The maximum atomic E-state index is 12.8. The molecule has 1 heterocycles. The quantitative estimate of drug-likeness (QED) is 0.657. The summed E-state index contributed by atoms with van der Waals surface area (Å²) in [5.74, 6) is 1.11. The molecule has 1 saturated heterocycles. The summed E-state index contributed by atoms with van der Waals surface area (Å²) in [6, 6.07) is 10.7. The van der Waals surface area contributed by atoms with Crippen molar-refractivity contribution in [3.05, 3.63) is 42.5 Å². The van der Waals surface area contributed by atoms with Crippen molar-refractivity contribution in [3.63, 3.8) is 0 Å². The third-order valence-electron chi connectivity index (χ3n) is 4.77. The second kappa shape index (κ2) is 9.88. The monoisotopic (exact) mass is 450 g/mol. The number of amides is 1. The molecule has 31 heavy (non-hydrogen) atoms. The molecule has 1 atom stereocenters. The number of nitrogens with one attached hydrogen (secondary N) is 1. The van der Waals surface area contributed by atoms with E-state index in [1.165, 1.54) is 44.6 Å². The average molecular weight is 451 g/mol. The first-order valence-corrected chi connectivity index (χ1v) is 11.2. The van der Waals surface area contributed by atoms with E-state index in [2.05, 4.69) is 4.72 Å². The minimum atomic E-state index is -3.88. The summed E-state index contributed by atoms with van der Waals surface area (Å²) in [7, 11) is -0.941. The minimum absolute atomic E-state index is 0.0388. The number of hydrogen-bond donors (Lipinski definition) is 1. The maximum absolute atomic E-state index is 12.8. The molecule has 0 radical (unpaired) electrons. The van der Waals surface area contributed by atoms with E-state index in [0.29, 0.717) is 43.6 Å². The van der Waals surface area contributed by atoms with E-state index in [1.54, 1.807) is 24.0 Å². The molecular formula is C21H26N2O7S. The van der Waals surface area contributed by atoms with Crippen LogP contribution >= 0.6 is 0 Å². The van der Waals surface area contributed by atoms with E-state index < -0.39 is 16.1 Å². The predicted molar refractivity (Wildman–Crippen MR) is 114 cm³/mol. The lowest BCUT2D eigenvalue weighted by Gasteiger charge is -2.29. The van der Waals surface area contributed by atoms with Gasteiger partial charge in [0.15, 0.2) is 6.10 Å². The van der Waals surface area contributed by atoms with Crippen molar-refractivity contribution >= 4 is 21.6 Å². The van der Waals surface area contributed by atoms with Crippen molar-refractivity contribution in [2.45, 2.75) is 17.9 Å². The van der Waals surface area contributed by atoms with Crippen LogP contribution < -0.4 is 18.9 Å². The molecule has 168 valence electrons. The van der Waals surface area contributed by atoms with Gasteiger partial charge >= 0.3 is 0 Å². The highest BCUT2D eigenvalue weighted by Crippen LogP contribution is 2.31. The van der Waals surface area contributed by atoms with Gasteiger partial charge in [-0.2, -0.15) is 0 Å². The molecule has 1 N–H and O–H groups in total. The van der Waals surface area contributed by atoms with Gasteiger partial charge in [0.1, 0.15) is 17.2 Å². The maximum Gasteiger partial charge on any atom is 0.263 e. The number of nitrogens with zero attached hydrogens (tertiary/aromatic N) is 1. The van der Waals surface area contributed by atoms with E-state index >= 15 is 0 Å². The van der Waals surface area contributed by atoms with Gasteiger partial charge < -0.3 is 23.8 Å². The second-order valence-electron chi connectivity index (χ2n) is 6.84. The Morgan fingerprint density at radius 1 is 1.03 bits per heavy atom. The molecule has 1 amide bonds. The number of anilines is 1. The van der Waals surface area contributed by atoms with Crippen LogP contribution in [0.15, 0.2) is 47.4 Å². The third kappa shape index (κ3) is 5.59. The summed E-state index contributed by atoms with van der Waals surface area (Å²) < 4.78 is 49.4. The van der Waals surface area contributed by atoms with E-state index in [1.807, 2.05) is 0 Å². The topological polar surface area (TPSA) is 103 Å². The van der Waals surface area contributed by atoms with Gasteiger partial charge in [-0.15, -0.1) is 0 Å². The zero-order valence-corrected chi connectivity index (χ0v) is 18.5. The molecule has 0 unspecified atom stereocenters. The largest absolute Gasteiger partial charge is 0.497 e. The number of carbonyl (C=O) groups is 1. The van der Waals surface area contributed by atoms with Gasteiger partial charge in [-0.25, -0.2) is 8.42 Å². The van der Waals surface area contributed by atoms with Crippen molar-refractivity contribution in [2.75, 3.05) is 45.2 Å². The summed E-state index contributed by atoms with van der Waals surface area (Å²) in [6.45, 7) is 3.75. The van der Waals surface area contributed by atoms with Crippen LogP contribution in [-0.4, -0.2) is 65.9 Å². The summed E-state index contributed by atoms with van der Waals surface area (Å²) in [5, 5.41) is 0. The molecule has 1 fully saturated rings. The lowest BCUT2D eigenvalue weighted by atomic mass is 10.3. The van der Waals surface area contributed by atoms with E-state index in [-0.39, 0.29) is 16.5 Å². The Morgan fingerprint density at radius 3 is 2.29 bits per heavy atom. The molecule has 2 aromatic rings. The number of hydrogen-bond acceptors (Lipinski definition) is 7. The second-order valence-corrected chi connectivity index (χ2v) is 8.52. The Bertz CT molecular complexity index is 1000. The van der Waals surface area contributed by atoms with Gasteiger partial charge in [-0.1, -0.05) is 0 Å². The molecule has 0 spiro atoms. The molecule has 2 aromatic carbocycles. The number of sulfonamides is 1. The fourth-order valence-electron chi connectivity index (χ4n) is 3.09.